The lowest BCUT2D eigenvalue weighted by Crippen LogP contribution is -2.31. The Morgan fingerprint density at radius 1 is 1.20 bits per heavy atom. The number of carbonyl (C=O) groups excluding carboxylic acids is 1. The third-order valence-corrected chi connectivity index (χ3v) is 5.16. The largest absolute Gasteiger partial charge is 0.416 e. The minimum Gasteiger partial charge on any atom is -0.383 e. The van der Waals surface area contributed by atoms with E-state index in [1.54, 1.807) is 13.0 Å². The number of carbonyl (C=O) groups is 1. The van der Waals surface area contributed by atoms with E-state index < -0.39 is 11.7 Å². The van der Waals surface area contributed by atoms with E-state index in [0.717, 1.165) is 28.6 Å². The van der Waals surface area contributed by atoms with Gasteiger partial charge in [0.25, 0.3) is 5.91 Å². The summed E-state index contributed by atoms with van der Waals surface area (Å²) in [4.78, 5) is 23.1. The van der Waals surface area contributed by atoms with Gasteiger partial charge in [0.1, 0.15) is 11.5 Å². The van der Waals surface area contributed by atoms with Gasteiger partial charge in [-0.25, -0.2) is 9.97 Å². The highest BCUT2D eigenvalue weighted by Gasteiger charge is 2.30. The highest BCUT2D eigenvalue weighted by atomic mass is 19.4. The van der Waals surface area contributed by atoms with Crippen LogP contribution >= 0.6 is 0 Å². The average molecular weight is 416 g/mol. The number of fused-ring (bicyclic) bond motifs is 3. The van der Waals surface area contributed by atoms with E-state index in [4.69, 9.17) is 10.5 Å². The molecule has 3 aromatic rings. The van der Waals surface area contributed by atoms with Gasteiger partial charge in [-0.15, -0.1) is 0 Å². The Kier molecular flexibility index (Phi) is 5.07. The van der Waals surface area contributed by atoms with E-state index >= 15 is 0 Å². The molecule has 0 spiro atoms. The highest BCUT2D eigenvalue weighted by molar-refractivity contribution is 5.97. The van der Waals surface area contributed by atoms with Gasteiger partial charge in [0.05, 0.1) is 30.5 Å². The number of benzene rings is 1. The zero-order chi connectivity index (χ0) is 21.5. The van der Waals surface area contributed by atoms with Crippen LogP contribution in [-0.2, 0) is 30.7 Å². The number of anilines is 1. The first-order valence-corrected chi connectivity index (χ1v) is 9.38. The molecular formula is C21H19F3N4O2. The quantitative estimate of drug-likeness (QED) is 0.697. The lowest BCUT2D eigenvalue weighted by molar-refractivity contribution is -0.137. The Balaban J connectivity index is 1.61. The molecule has 4 rings (SSSR count). The molecule has 3 heterocycles. The molecule has 0 radical (unpaired) electrons. The number of pyridine rings is 2. The third kappa shape index (κ3) is 3.68. The number of amides is 1. The van der Waals surface area contributed by atoms with Crippen molar-refractivity contribution in [1.29, 1.82) is 0 Å². The van der Waals surface area contributed by atoms with E-state index in [9.17, 15) is 18.0 Å². The molecule has 1 aromatic carbocycles. The van der Waals surface area contributed by atoms with E-state index in [1.807, 2.05) is 0 Å². The summed E-state index contributed by atoms with van der Waals surface area (Å²) in [5.74, 6) is 0.0807. The molecule has 0 saturated carbocycles. The first kappa shape index (κ1) is 20.1. The SMILES string of the molecule is CCN(Cc1ccc(C(F)(F)F)cc1)C(=O)c1cc2c3c(c(N)nc2cn1)COC3. The summed E-state index contributed by atoms with van der Waals surface area (Å²) in [6.45, 7) is 3.12. The van der Waals surface area contributed by atoms with Crippen molar-refractivity contribution in [2.24, 2.45) is 0 Å². The van der Waals surface area contributed by atoms with Crippen molar-refractivity contribution in [3.63, 3.8) is 0 Å². The van der Waals surface area contributed by atoms with Crippen LogP contribution in [0.3, 0.4) is 0 Å². The number of aromatic nitrogens is 2. The van der Waals surface area contributed by atoms with Crippen molar-refractivity contribution in [2.75, 3.05) is 12.3 Å². The highest BCUT2D eigenvalue weighted by Crippen LogP contribution is 2.31. The molecule has 0 saturated heterocycles. The first-order valence-electron chi connectivity index (χ1n) is 9.38. The number of nitrogens with two attached hydrogens (primary N) is 1. The monoisotopic (exact) mass is 416 g/mol. The summed E-state index contributed by atoms with van der Waals surface area (Å²) >= 11 is 0. The van der Waals surface area contributed by atoms with Crippen LogP contribution in [0.2, 0.25) is 0 Å². The van der Waals surface area contributed by atoms with Gasteiger partial charge >= 0.3 is 6.18 Å². The molecule has 0 aliphatic carbocycles. The molecule has 156 valence electrons. The Bertz CT molecular complexity index is 1110. The van der Waals surface area contributed by atoms with Crippen molar-refractivity contribution in [3.8, 4) is 0 Å². The maximum absolute atomic E-state index is 13.0. The zero-order valence-electron chi connectivity index (χ0n) is 16.2. The molecule has 2 aromatic heterocycles. The van der Waals surface area contributed by atoms with Gasteiger partial charge in [-0.05, 0) is 36.2 Å². The topological polar surface area (TPSA) is 81.3 Å². The molecule has 0 unspecified atom stereocenters. The van der Waals surface area contributed by atoms with Crippen molar-refractivity contribution in [3.05, 3.63) is 64.5 Å². The van der Waals surface area contributed by atoms with E-state index in [2.05, 4.69) is 9.97 Å². The summed E-state index contributed by atoms with van der Waals surface area (Å²) in [6, 6.07) is 6.46. The van der Waals surface area contributed by atoms with Gasteiger partial charge < -0.3 is 15.4 Å². The van der Waals surface area contributed by atoms with Crippen LogP contribution in [0, 0.1) is 0 Å². The van der Waals surface area contributed by atoms with Gasteiger partial charge in [0, 0.05) is 24.0 Å². The number of alkyl halides is 3. The Labute approximate surface area is 170 Å². The number of nitrogens with zero attached hydrogens (tertiary/aromatic N) is 3. The second kappa shape index (κ2) is 7.56. The summed E-state index contributed by atoms with van der Waals surface area (Å²) in [5, 5.41) is 0.764. The minimum atomic E-state index is -4.39. The normalized spacial score (nSPS) is 13.5. The fourth-order valence-electron chi connectivity index (χ4n) is 3.50. The second-order valence-electron chi connectivity index (χ2n) is 7.05. The summed E-state index contributed by atoms with van der Waals surface area (Å²) in [7, 11) is 0. The molecule has 0 bridgehead atoms. The summed E-state index contributed by atoms with van der Waals surface area (Å²) in [5.41, 5.74) is 8.38. The number of rotatable bonds is 4. The van der Waals surface area contributed by atoms with Gasteiger partial charge in [-0.1, -0.05) is 12.1 Å². The van der Waals surface area contributed by atoms with E-state index in [0.29, 0.717) is 36.7 Å². The van der Waals surface area contributed by atoms with Crippen LogP contribution in [0.4, 0.5) is 19.0 Å². The molecule has 30 heavy (non-hydrogen) atoms. The standard InChI is InChI=1S/C21H19F3N4O2/c1-2-28(9-12-3-5-13(6-4-12)21(22,23)24)20(29)17-7-14-15-10-30-11-16(15)19(25)27-18(14)8-26-17/h3-8H,2,9-11H2,1H3,(H2,25,27). The van der Waals surface area contributed by atoms with E-state index in [-0.39, 0.29) is 18.1 Å². The Morgan fingerprint density at radius 2 is 1.90 bits per heavy atom. The summed E-state index contributed by atoms with van der Waals surface area (Å²) < 4.78 is 43.7. The molecule has 1 aliphatic heterocycles. The molecule has 0 fully saturated rings. The molecule has 1 amide bonds. The van der Waals surface area contributed by atoms with Crippen LogP contribution in [0.5, 0.6) is 0 Å². The van der Waals surface area contributed by atoms with E-state index in [1.165, 1.54) is 23.2 Å². The average Bonchev–Trinajstić information content (AvgIpc) is 3.22. The molecular weight excluding hydrogens is 397 g/mol. The van der Waals surface area contributed by atoms with Crippen LogP contribution in [0.1, 0.15) is 39.7 Å². The second-order valence-corrected chi connectivity index (χ2v) is 7.05. The van der Waals surface area contributed by atoms with Crippen LogP contribution in [0.15, 0.2) is 36.5 Å². The predicted octanol–water partition coefficient (Wildman–Crippen LogP) is 3.92. The summed E-state index contributed by atoms with van der Waals surface area (Å²) in [6.07, 6.45) is -2.89. The first-order chi connectivity index (χ1) is 14.3. The van der Waals surface area contributed by atoms with Crippen molar-refractivity contribution in [2.45, 2.75) is 32.9 Å². The van der Waals surface area contributed by atoms with Crippen LogP contribution in [0.25, 0.3) is 10.9 Å². The van der Waals surface area contributed by atoms with Gasteiger partial charge in [-0.2, -0.15) is 13.2 Å². The Morgan fingerprint density at radius 3 is 2.57 bits per heavy atom. The third-order valence-electron chi connectivity index (χ3n) is 5.16. The van der Waals surface area contributed by atoms with Crippen LogP contribution < -0.4 is 5.73 Å². The number of nitrogen functional groups attached to an aromatic ring is 1. The predicted molar refractivity (Wildman–Crippen MR) is 104 cm³/mol. The van der Waals surface area contributed by atoms with Crippen molar-refractivity contribution in [1.82, 2.24) is 14.9 Å². The fourth-order valence-corrected chi connectivity index (χ4v) is 3.50. The number of hydrogen-bond acceptors (Lipinski definition) is 5. The molecule has 1 aliphatic rings. The fraction of sp³-hybridized carbons (Fsp3) is 0.286. The number of hydrogen-bond donors (Lipinski definition) is 1. The number of ether oxygens (including phenoxy) is 1. The van der Waals surface area contributed by atoms with Crippen LogP contribution in [-0.4, -0.2) is 27.3 Å². The molecule has 2 N–H and O–H groups in total. The molecule has 9 heteroatoms. The molecule has 6 nitrogen and oxygen atoms in total. The molecule has 0 atom stereocenters. The van der Waals surface area contributed by atoms with Gasteiger partial charge in [0.15, 0.2) is 0 Å². The minimum absolute atomic E-state index is 0.175. The lowest BCUT2D eigenvalue weighted by atomic mass is 10.1. The van der Waals surface area contributed by atoms with Crippen molar-refractivity contribution < 1.29 is 22.7 Å². The van der Waals surface area contributed by atoms with Gasteiger partial charge in [0.2, 0.25) is 0 Å². The Hall–Kier alpha value is -3.20. The van der Waals surface area contributed by atoms with Gasteiger partial charge in [-0.3, -0.25) is 4.79 Å². The number of halogens is 3. The maximum Gasteiger partial charge on any atom is 0.416 e. The maximum atomic E-state index is 13.0. The van der Waals surface area contributed by atoms with Crippen molar-refractivity contribution >= 4 is 22.6 Å². The smallest absolute Gasteiger partial charge is 0.383 e. The lowest BCUT2D eigenvalue weighted by Gasteiger charge is -2.21. The zero-order valence-corrected chi connectivity index (χ0v) is 16.2.